The first-order valence-electron chi connectivity index (χ1n) is 8.51. The van der Waals surface area contributed by atoms with Gasteiger partial charge in [0.1, 0.15) is 5.82 Å². The molecule has 0 saturated carbocycles. The van der Waals surface area contributed by atoms with Crippen LogP contribution in [0.2, 0.25) is 0 Å². The molecular weight excluding hydrogens is 308 g/mol. The molecule has 2 N–H and O–H groups in total. The van der Waals surface area contributed by atoms with Crippen LogP contribution in [0.15, 0.2) is 4.79 Å². The lowest BCUT2D eigenvalue weighted by Gasteiger charge is -2.43. The van der Waals surface area contributed by atoms with Gasteiger partial charge in [0, 0.05) is 36.4 Å². The second kappa shape index (κ2) is 7.90. The predicted molar refractivity (Wildman–Crippen MR) is 92.1 cm³/mol. The Labute approximate surface area is 142 Å². The molecule has 0 radical (unpaired) electrons. The molecule has 1 aliphatic heterocycles. The molecule has 0 aromatic carbocycles. The van der Waals surface area contributed by atoms with Crippen molar-refractivity contribution in [2.45, 2.75) is 46.1 Å². The first-order chi connectivity index (χ1) is 11.4. The number of aryl methyl sites for hydroxylation is 2. The first kappa shape index (κ1) is 18.6. The second-order valence-electron chi connectivity index (χ2n) is 6.62. The van der Waals surface area contributed by atoms with Crippen molar-refractivity contribution in [3.8, 4) is 0 Å². The van der Waals surface area contributed by atoms with Crippen molar-refractivity contribution in [2.24, 2.45) is 0 Å². The number of hydrogen-bond acceptors (Lipinski definition) is 5. The van der Waals surface area contributed by atoms with Gasteiger partial charge in [-0.3, -0.25) is 14.5 Å². The Morgan fingerprint density at radius 2 is 2.04 bits per heavy atom. The summed E-state index contributed by atoms with van der Waals surface area (Å²) in [7, 11) is 0. The zero-order valence-corrected chi connectivity index (χ0v) is 15.1. The maximum Gasteiger partial charge on any atom is 0.254 e. The van der Waals surface area contributed by atoms with Crippen LogP contribution >= 0.6 is 0 Å². The lowest BCUT2D eigenvalue weighted by atomic mass is 9.95. The van der Waals surface area contributed by atoms with Crippen molar-refractivity contribution in [1.82, 2.24) is 20.2 Å². The van der Waals surface area contributed by atoms with Gasteiger partial charge in [0.2, 0.25) is 5.91 Å². The third kappa shape index (κ3) is 4.42. The number of morpholine rings is 1. The number of nitrogens with one attached hydrogen (secondary N) is 2. The van der Waals surface area contributed by atoms with Crippen LogP contribution in [-0.4, -0.2) is 59.2 Å². The smallest absolute Gasteiger partial charge is 0.254 e. The van der Waals surface area contributed by atoms with E-state index >= 15 is 0 Å². The van der Waals surface area contributed by atoms with Crippen LogP contribution in [-0.2, 0) is 16.0 Å². The van der Waals surface area contributed by atoms with Crippen molar-refractivity contribution in [2.75, 3.05) is 32.8 Å². The highest BCUT2D eigenvalue weighted by Gasteiger charge is 2.31. The largest absolute Gasteiger partial charge is 0.379 e. The van der Waals surface area contributed by atoms with E-state index in [0.29, 0.717) is 23.6 Å². The van der Waals surface area contributed by atoms with E-state index in [1.807, 2.05) is 0 Å². The average molecular weight is 336 g/mol. The van der Waals surface area contributed by atoms with E-state index < -0.39 is 0 Å². The van der Waals surface area contributed by atoms with Gasteiger partial charge < -0.3 is 15.0 Å². The molecule has 1 fully saturated rings. The quantitative estimate of drug-likeness (QED) is 0.792. The zero-order valence-electron chi connectivity index (χ0n) is 15.1. The highest BCUT2D eigenvalue weighted by Crippen LogP contribution is 2.20. The van der Waals surface area contributed by atoms with Crippen LogP contribution in [0.3, 0.4) is 0 Å². The Bertz CT molecular complexity index is 637. The molecule has 134 valence electrons. The van der Waals surface area contributed by atoms with Crippen LogP contribution in [0.5, 0.6) is 0 Å². The Morgan fingerprint density at radius 1 is 1.38 bits per heavy atom. The number of aromatic amines is 1. The van der Waals surface area contributed by atoms with E-state index in [2.05, 4.69) is 34.0 Å². The fraction of sp³-hybridized carbons (Fsp3) is 0.706. The van der Waals surface area contributed by atoms with Gasteiger partial charge in [0.15, 0.2) is 0 Å². The molecule has 1 aromatic heterocycles. The second-order valence-corrected chi connectivity index (χ2v) is 6.62. The summed E-state index contributed by atoms with van der Waals surface area (Å²) in [5.41, 5.74) is 0.703. The summed E-state index contributed by atoms with van der Waals surface area (Å²) in [4.78, 5) is 33.6. The van der Waals surface area contributed by atoms with Gasteiger partial charge >= 0.3 is 0 Å². The Hall–Kier alpha value is -1.73. The third-order valence-electron chi connectivity index (χ3n) is 4.88. The highest BCUT2D eigenvalue weighted by atomic mass is 16.5. The molecule has 1 aromatic rings. The Kier molecular flexibility index (Phi) is 6.12. The normalized spacial score (nSPS) is 18.2. The standard InChI is InChI=1S/C17H28N4O3/c1-5-17(4,21-6-8-24-9-7-21)11-18-15(22)10-14-12(2)19-13(3)20-16(14)23/h5-11H2,1-4H3,(H,18,22)(H,19,20,23). The molecule has 2 heterocycles. The molecule has 24 heavy (non-hydrogen) atoms. The Morgan fingerprint density at radius 3 is 2.62 bits per heavy atom. The molecule has 7 nitrogen and oxygen atoms in total. The monoisotopic (exact) mass is 336 g/mol. The van der Waals surface area contributed by atoms with Gasteiger partial charge in [-0.2, -0.15) is 0 Å². The van der Waals surface area contributed by atoms with E-state index in [1.165, 1.54) is 0 Å². The first-order valence-corrected chi connectivity index (χ1v) is 8.51. The van der Waals surface area contributed by atoms with Crippen LogP contribution < -0.4 is 10.9 Å². The van der Waals surface area contributed by atoms with Gasteiger partial charge in [-0.25, -0.2) is 4.98 Å². The minimum Gasteiger partial charge on any atom is -0.379 e. The number of amides is 1. The molecule has 0 spiro atoms. The highest BCUT2D eigenvalue weighted by molar-refractivity contribution is 5.78. The summed E-state index contributed by atoms with van der Waals surface area (Å²) in [5, 5.41) is 2.99. The van der Waals surface area contributed by atoms with Crippen LogP contribution in [0.4, 0.5) is 0 Å². The number of nitrogens with zero attached hydrogens (tertiary/aromatic N) is 2. The molecule has 0 bridgehead atoms. The number of H-pyrrole nitrogens is 1. The topological polar surface area (TPSA) is 87.3 Å². The third-order valence-corrected chi connectivity index (χ3v) is 4.88. The summed E-state index contributed by atoms with van der Waals surface area (Å²) >= 11 is 0. The number of ether oxygens (including phenoxy) is 1. The average Bonchev–Trinajstić information content (AvgIpc) is 2.56. The molecule has 7 heteroatoms. The van der Waals surface area contributed by atoms with Crippen molar-refractivity contribution in [3.63, 3.8) is 0 Å². The van der Waals surface area contributed by atoms with Gasteiger partial charge in [-0.1, -0.05) is 6.92 Å². The number of carbonyl (C=O) groups is 1. The molecule has 1 atom stereocenters. The number of aromatic nitrogens is 2. The maximum absolute atomic E-state index is 12.3. The van der Waals surface area contributed by atoms with Crippen molar-refractivity contribution >= 4 is 5.91 Å². The fourth-order valence-electron chi connectivity index (χ4n) is 3.03. The van der Waals surface area contributed by atoms with Crippen molar-refractivity contribution in [3.05, 3.63) is 27.4 Å². The van der Waals surface area contributed by atoms with Gasteiger partial charge in [-0.05, 0) is 27.2 Å². The lowest BCUT2D eigenvalue weighted by molar-refractivity contribution is -0.121. The SMILES string of the molecule is CCC(C)(CNC(=O)Cc1c(C)nc(C)[nH]c1=O)N1CCOCC1. The van der Waals surface area contributed by atoms with Gasteiger partial charge in [0.05, 0.1) is 19.6 Å². The van der Waals surface area contributed by atoms with Crippen molar-refractivity contribution < 1.29 is 9.53 Å². The summed E-state index contributed by atoms with van der Waals surface area (Å²) in [6, 6.07) is 0. The van der Waals surface area contributed by atoms with E-state index in [0.717, 1.165) is 32.7 Å². The molecule has 2 rings (SSSR count). The summed E-state index contributed by atoms with van der Waals surface area (Å²) in [6.45, 7) is 11.5. The predicted octanol–water partition coefficient (Wildman–Crippen LogP) is 0.546. The van der Waals surface area contributed by atoms with E-state index in [-0.39, 0.29) is 23.4 Å². The van der Waals surface area contributed by atoms with Gasteiger partial charge in [0.25, 0.3) is 5.56 Å². The fourth-order valence-corrected chi connectivity index (χ4v) is 3.03. The summed E-state index contributed by atoms with van der Waals surface area (Å²) in [5.74, 6) is 0.412. The summed E-state index contributed by atoms with van der Waals surface area (Å²) in [6.07, 6.45) is 0.982. The molecule has 1 amide bonds. The van der Waals surface area contributed by atoms with Crippen LogP contribution in [0, 0.1) is 13.8 Å². The van der Waals surface area contributed by atoms with E-state index in [9.17, 15) is 9.59 Å². The maximum atomic E-state index is 12.3. The minimum atomic E-state index is -0.235. The molecular formula is C17H28N4O3. The molecule has 1 aliphatic rings. The zero-order chi connectivity index (χ0) is 17.7. The molecule has 1 unspecified atom stereocenters. The van der Waals surface area contributed by atoms with E-state index in [1.54, 1.807) is 13.8 Å². The number of hydrogen-bond donors (Lipinski definition) is 2. The number of rotatable bonds is 6. The minimum absolute atomic E-state index is 0.0529. The van der Waals surface area contributed by atoms with Crippen LogP contribution in [0.1, 0.15) is 37.4 Å². The molecule has 0 aliphatic carbocycles. The summed E-state index contributed by atoms with van der Waals surface area (Å²) < 4.78 is 5.41. The number of carbonyl (C=O) groups excluding carboxylic acids is 1. The molecule has 1 saturated heterocycles. The van der Waals surface area contributed by atoms with Gasteiger partial charge in [-0.15, -0.1) is 0 Å². The lowest BCUT2D eigenvalue weighted by Crippen LogP contribution is -2.57. The Balaban J connectivity index is 1.98. The van der Waals surface area contributed by atoms with E-state index in [4.69, 9.17) is 4.74 Å². The van der Waals surface area contributed by atoms with Crippen molar-refractivity contribution in [1.29, 1.82) is 0 Å². The van der Waals surface area contributed by atoms with Crippen LogP contribution in [0.25, 0.3) is 0 Å².